The Bertz CT molecular complexity index is 1320. The lowest BCUT2D eigenvalue weighted by atomic mass is 9.61. The molecule has 0 aliphatic heterocycles. The van der Waals surface area contributed by atoms with Crippen LogP contribution in [-0.4, -0.2) is 65.0 Å². The summed E-state index contributed by atoms with van der Waals surface area (Å²) in [6.07, 6.45) is 17.8. The molecule has 0 bridgehead atoms. The van der Waals surface area contributed by atoms with Crippen LogP contribution < -0.4 is 0 Å². The molecule has 0 spiro atoms. The number of carbonyl (C=O) groups excluding carboxylic acids is 1. The van der Waals surface area contributed by atoms with Crippen LogP contribution in [0.4, 0.5) is 0 Å². The van der Waals surface area contributed by atoms with Crippen molar-refractivity contribution in [1.29, 1.82) is 0 Å². The van der Waals surface area contributed by atoms with E-state index < -0.39 is 28.2 Å². The summed E-state index contributed by atoms with van der Waals surface area (Å²) in [4.78, 5) is 14.4. The Balaban J connectivity index is 1.56. The van der Waals surface area contributed by atoms with E-state index in [1.165, 1.54) is 31.3 Å². The van der Waals surface area contributed by atoms with Crippen molar-refractivity contribution in [3.63, 3.8) is 0 Å². The molecule has 0 aromatic carbocycles. The van der Waals surface area contributed by atoms with Crippen molar-refractivity contribution < 1.29 is 18.8 Å². The molecule has 4 fully saturated rings. The molecule has 4 aliphatic rings. The Morgan fingerprint density at radius 3 is 2.10 bits per heavy atom. The zero-order valence-electron chi connectivity index (χ0n) is 34.0. The van der Waals surface area contributed by atoms with Crippen LogP contribution in [0.1, 0.15) is 113 Å². The highest BCUT2D eigenvalue weighted by atomic mass is 28.4. The predicted octanol–water partition coefficient (Wildman–Crippen LogP) is 10.6. The third-order valence-corrected chi connectivity index (χ3v) is 23.2. The van der Waals surface area contributed by atoms with Crippen molar-refractivity contribution in [3.05, 3.63) is 47.6 Å². The second-order valence-electron chi connectivity index (χ2n) is 19.9. The Hall–Kier alpha value is -1.26. The highest BCUT2D eigenvalue weighted by molar-refractivity contribution is 6.74. The molecule has 7 heteroatoms. The zero-order valence-corrected chi connectivity index (χ0v) is 36.0. The number of hydrogen-bond donors (Lipinski definition) is 1. The highest BCUT2D eigenvalue weighted by Crippen LogP contribution is 2.60. The number of rotatable bonds is 10. The van der Waals surface area contributed by atoms with Gasteiger partial charge < -0.3 is 18.9 Å². The fraction of sp³-hybridized carbons (Fsp3) is 0.786. The van der Waals surface area contributed by atoms with Gasteiger partial charge in [-0.05, 0) is 122 Å². The van der Waals surface area contributed by atoms with Crippen LogP contribution in [0, 0.1) is 28.6 Å². The second kappa shape index (κ2) is 14.3. The third-order valence-electron chi connectivity index (χ3n) is 14.2. The van der Waals surface area contributed by atoms with E-state index in [4.69, 9.17) is 8.85 Å². The van der Waals surface area contributed by atoms with Crippen molar-refractivity contribution in [3.8, 4) is 0 Å². The van der Waals surface area contributed by atoms with Crippen molar-refractivity contribution >= 4 is 22.5 Å². The summed E-state index contributed by atoms with van der Waals surface area (Å²) < 4.78 is 14.2. The first kappa shape index (κ1) is 40.5. The van der Waals surface area contributed by atoms with Gasteiger partial charge in [0.2, 0.25) is 5.91 Å². The van der Waals surface area contributed by atoms with Gasteiger partial charge in [-0.25, -0.2) is 0 Å². The minimum atomic E-state index is -2.01. The fourth-order valence-corrected chi connectivity index (χ4v) is 11.4. The normalized spacial score (nSPS) is 32.4. The molecule has 5 unspecified atom stereocenters. The van der Waals surface area contributed by atoms with Gasteiger partial charge in [-0.1, -0.05) is 91.8 Å². The lowest BCUT2D eigenvalue weighted by Gasteiger charge is -2.45. The molecule has 0 aromatic heterocycles. The van der Waals surface area contributed by atoms with Gasteiger partial charge in [0.25, 0.3) is 0 Å². The van der Waals surface area contributed by atoms with E-state index in [0.29, 0.717) is 17.8 Å². The molecular weight excluding hydrogens is 639 g/mol. The number of allylic oxidation sites excluding steroid dienone is 4. The maximum absolute atomic E-state index is 12.8. The first-order valence-corrected chi connectivity index (χ1v) is 25.2. The van der Waals surface area contributed by atoms with Crippen LogP contribution in [0.25, 0.3) is 0 Å². The van der Waals surface area contributed by atoms with Crippen LogP contribution in [0.3, 0.4) is 0 Å². The molecule has 4 rings (SSSR count). The van der Waals surface area contributed by atoms with Crippen LogP contribution in [0.2, 0.25) is 36.3 Å². The van der Waals surface area contributed by atoms with Gasteiger partial charge >= 0.3 is 0 Å². The quantitative estimate of drug-likeness (QED) is 0.181. The van der Waals surface area contributed by atoms with E-state index in [2.05, 4.69) is 106 Å². The van der Waals surface area contributed by atoms with E-state index in [0.717, 1.165) is 37.7 Å². The van der Waals surface area contributed by atoms with Crippen LogP contribution in [0.15, 0.2) is 47.6 Å². The summed E-state index contributed by atoms with van der Waals surface area (Å²) in [7, 11) is -0.389. The minimum absolute atomic E-state index is 0.00710. The number of hydrogen-bond acceptors (Lipinski definition) is 4. The van der Waals surface area contributed by atoms with Gasteiger partial charge in [-0.3, -0.25) is 4.79 Å². The molecule has 7 atom stereocenters. The Morgan fingerprint density at radius 1 is 0.959 bits per heavy atom. The molecule has 4 aliphatic carbocycles. The van der Waals surface area contributed by atoms with Crippen LogP contribution in [-0.2, 0) is 13.6 Å². The molecule has 49 heavy (non-hydrogen) atoms. The van der Waals surface area contributed by atoms with E-state index in [1.54, 1.807) is 24.6 Å². The zero-order chi connectivity index (χ0) is 37.0. The van der Waals surface area contributed by atoms with E-state index in [1.807, 2.05) is 6.08 Å². The summed E-state index contributed by atoms with van der Waals surface area (Å²) >= 11 is 0. The lowest BCUT2D eigenvalue weighted by molar-refractivity contribution is -0.137. The standard InChI is InChI=1S/C42H73NO4Si2/c1-29(18-23-37(44)42(25-26-42)38(45)43(10)11)34-21-22-35-31(17-16-24-41(34,35)9)19-20-32-27-33(46-48(12,13)39(3,4)5)28-36(30(32)2)47-49(14,15)40(6,7)8/h18-20,23,29,33-37,44H,2,16-17,21-22,24-28H2,1,3-15H3/t29-,33?,34?,35?,36?,37?,41-/m1/s1. The van der Waals surface area contributed by atoms with Crippen LogP contribution in [0.5, 0.6) is 0 Å². The Labute approximate surface area is 303 Å². The first-order chi connectivity index (χ1) is 22.4. The summed E-state index contributed by atoms with van der Waals surface area (Å²) in [5, 5.41) is 11.4. The molecule has 1 amide bonds. The molecule has 0 radical (unpaired) electrons. The van der Waals surface area contributed by atoms with Gasteiger partial charge in [0.15, 0.2) is 16.6 Å². The number of aliphatic hydroxyl groups excluding tert-OH is 1. The molecule has 5 nitrogen and oxygen atoms in total. The largest absolute Gasteiger partial charge is 0.413 e. The van der Waals surface area contributed by atoms with Crippen LogP contribution >= 0.6 is 0 Å². The smallest absolute Gasteiger partial charge is 0.231 e. The van der Waals surface area contributed by atoms with Gasteiger partial charge in [0.1, 0.15) is 0 Å². The fourth-order valence-electron chi connectivity index (χ4n) is 8.72. The maximum atomic E-state index is 12.8. The number of amides is 1. The van der Waals surface area contributed by atoms with E-state index in [9.17, 15) is 9.90 Å². The molecule has 278 valence electrons. The average molecular weight is 712 g/mol. The van der Waals surface area contributed by atoms with Gasteiger partial charge in [-0.2, -0.15) is 0 Å². The van der Waals surface area contributed by atoms with Crippen molar-refractivity contribution in [2.24, 2.45) is 28.6 Å². The molecule has 1 N–H and O–H groups in total. The molecule has 4 saturated carbocycles. The molecule has 0 heterocycles. The average Bonchev–Trinajstić information content (AvgIpc) is 3.70. The Morgan fingerprint density at radius 2 is 1.55 bits per heavy atom. The first-order valence-electron chi connectivity index (χ1n) is 19.4. The summed E-state index contributed by atoms with van der Waals surface area (Å²) in [5.41, 5.74) is 3.68. The number of nitrogens with zero attached hydrogens (tertiary/aromatic N) is 1. The lowest BCUT2D eigenvalue weighted by Crippen LogP contribution is -2.49. The predicted molar refractivity (Wildman–Crippen MR) is 212 cm³/mol. The number of aliphatic hydroxyl groups is 1. The second-order valence-corrected chi connectivity index (χ2v) is 29.4. The minimum Gasteiger partial charge on any atom is -0.413 e. The Kier molecular flexibility index (Phi) is 11.8. The highest BCUT2D eigenvalue weighted by Gasteiger charge is 2.56. The maximum Gasteiger partial charge on any atom is 0.231 e. The van der Waals surface area contributed by atoms with E-state index >= 15 is 0 Å². The van der Waals surface area contributed by atoms with Crippen molar-refractivity contribution in [1.82, 2.24) is 4.90 Å². The summed E-state index contributed by atoms with van der Waals surface area (Å²) in [5.74, 6) is 1.54. The SMILES string of the molecule is C=C1C(=CC=C2CCC[C@@]3(C)C2CCC3[C@H](C)C=CC(O)C2(C(=O)N(C)C)CC2)CC(O[Si](C)(C)C(C)(C)C)CC1O[Si](C)(C)C(C)(C)C. The number of fused-ring (bicyclic) bond motifs is 1. The molecule has 0 saturated heterocycles. The van der Waals surface area contributed by atoms with Gasteiger partial charge in [0, 0.05) is 20.5 Å². The summed E-state index contributed by atoms with van der Waals surface area (Å²) in [6, 6.07) is 0. The van der Waals surface area contributed by atoms with Crippen molar-refractivity contribution in [2.75, 3.05) is 14.1 Å². The topological polar surface area (TPSA) is 59.0 Å². The number of carbonyl (C=O) groups is 1. The monoisotopic (exact) mass is 712 g/mol. The summed E-state index contributed by atoms with van der Waals surface area (Å²) in [6.45, 7) is 32.9. The van der Waals surface area contributed by atoms with Gasteiger partial charge in [0.05, 0.1) is 23.7 Å². The molecule has 0 aromatic rings. The molecular formula is C42H73NO4Si2. The third kappa shape index (κ3) is 8.37. The van der Waals surface area contributed by atoms with Crippen molar-refractivity contribution in [2.45, 2.75) is 168 Å². The van der Waals surface area contributed by atoms with Gasteiger partial charge in [-0.15, -0.1) is 0 Å². The van der Waals surface area contributed by atoms with E-state index in [-0.39, 0.29) is 33.6 Å².